The first-order chi connectivity index (χ1) is 32.8. The highest BCUT2D eigenvalue weighted by Crippen LogP contribution is 2.16. The van der Waals surface area contributed by atoms with Gasteiger partial charge in [-0.25, -0.2) is 0 Å². The average molecular weight is 1030 g/mol. The third-order valence-corrected chi connectivity index (χ3v) is 10.1. The highest BCUT2D eigenvalue weighted by atomic mass is 16.6. The Morgan fingerprint density at radius 1 is 0.429 bits per heavy atom. The molecule has 0 radical (unpaired) electrons. The Kier molecular flexibility index (Phi) is 56.1. The van der Waals surface area contributed by atoms with E-state index in [9.17, 15) is 24.0 Å². The normalized spacial score (nSPS) is 17.7. The van der Waals surface area contributed by atoms with Gasteiger partial charge in [-0.05, 0) is 98.3 Å². The first-order valence-corrected chi connectivity index (χ1v) is 24.1. The molecule has 1 rings (SSSR count). The third kappa shape index (κ3) is 51.8. The molecule has 1 heterocycles. The maximum absolute atomic E-state index is 10.7. The van der Waals surface area contributed by atoms with Crippen LogP contribution in [0.4, 0.5) is 0 Å². The van der Waals surface area contributed by atoms with Gasteiger partial charge in [-0.3, -0.25) is 4.79 Å². The number of Topliss-reactive ketones (excluding diaryl/α,β-unsaturated/α-hetero) is 4. The summed E-state index contributed by atoms with van der Waals surface area (Å²) in [5, 5.41) is 150. The van der Waals surface area contributed by atoms with Crippen LogP contribution in [0.15, 0.2) is 0 Å². The van der Waals surface area contributed by atoms with Crippen molar-refractivity contribution < 1.29 is 116 Å². The lowest BCUT2D eigenvalue weighted by Crippen LogP contribution is -2.36. The molecule has 0 bridgehead atoms. The van der Waals surface area contributed by atoms with Gasteiger partial charge in [0.15, 0.2) is 0 Å². The Morgan fingerprint density at radius 2 is 0.686 bits per heavy atom. The molecule has 70 heavy (non-hydrogen) atoms. The van der Waals surface area contributed by atoms with Crippen molar-refractivity contribution in [2.24, 2.45) is 0 Å². The number of hydrogen-bond acceptors (Lipinski definition) is 23. The Labute approximate surface area is 413 Å². The average Bonchev–Trinajstić information content (AvgIpc) is 3.32. The van der Waals surface area contributed by atoms with Crippen molar-refractivity contribution in [1.29, 1.82) is 0 Å². The van der Waals surface area contributed by atoms with Gasteiger partial charge in [0.25, 0.3) is 0 Å². The lowest BCUT2D eigenvalue weighted by Gasteiger charge is -2.25. The van der Waals surface area contributed by atoms with Crippen molar-refractivity contribution in [3.05, 3.63) is 0 Å². The molecule has 0 aromatic rings. The number of hydrogen-bond donors (Lipinski definition) is 17. The molecule has 1 aliphatic heterocycles. The fourth-order valence-corrected chi connectivity index (χ4v) is 5.54. The zero-order valence-electron chi connectivity index (χ0n) is 42.2. The van der Waals surface area contributed by atoms with Crippen LogP contribution in [0.2, 0.25) is 0 Å². The number of carbonyl (C=O) groups excluding carboxylic acids is 5. The van der Waals surface area contributed by atoms with Crippen molar-refractivity contribution in [2.45, 2.75) is 230 Å². The van der Waals surface area contributed by atoms with Crippen LogP contribution < -0.4 is 0 Å². The van der Waals surface area contributed by atoms with Gasteiger partial charge in [0.2, 0.25) is 0 Å². The standard InChI is InChI=1S/4C8H16O4.C8H18O3.C7H12O4/c4*1-6(10)3-2-4-7(11)8(12)5-9;1-2-3-4-5-7(10)8(11)6-9;8-4-5(9)6-2-1-3-7(10)11-6/h4*7-9,11-12H,2-5H2,1H3;7-11H,2-6H2,1H3;5-6,8-9H,1-4H2/t5*7-,8+;5-,6?/m000001/s1. The lowest BCUT2D eigenvalue weighted by atomic mass is 10.0. The quantitative estimate of drug-likeness (QED) is 0.0246. The minimum Gasteiger partial charge on any atom is -0.460 e. The van der Waals surface area contributed by atoms with Crippen LogP contribution in [-0.2, 0) is 28.7 Å². The predicted octanol–water partition coefficient (Wildman–Crippen LogP) is -2.44. The molecular formula is C47H94O23. The van der Waals surface area contributed by atoms with E-state index in [0.717, 1.165) is 25.7 Å². The molecule has 0 saturated carbocycles. The molecule has 12 atom stereocenters. The highest BCUT2D eigenvalue weighted by molar-refractivity contribution is 5.76. The largest absolute Gasteiger partial charge is 0.460 e. The molecule has 1 saturated heterocycles. The van der Waals surface area contributed by atoms with Gasteiger partial charge in [-0.15, -0.1) is 0 Å². The molecule has 0 amide bonds. The summed E-state index contributed by atoms with van der Waals surface area (Å²) in [6, 6.07) is 0. The molecule has 1 aliphatic rings. The van der Waals surface area contributed by atoms with Gasteiger partial charge in [0, 0.05) is 32.1 Å². The van der Waals surface area contributed by atoms with E-state index < -0.39 is 99.7 Å². The number of ketones is 4. The van der Waals surface area contributed by atoms with Crippen molar-refractivity contribution in [1.82, 2.24) is 0 Å². The van der Waals surface area contributed by atoms with E-state index in [1.165, 1.54) is 27.7 Å². The zero-order chi connectivity index (χ0) is 55.2. The fourth-order valence-electron chi connectivity index (χ4n) is 5.54. The van der Waals surface area contributed by atoms with Crippen LogP contribution in [0.5, 0.6) is 0 Å². The summed E-state index contributed by atoms with van der Waals surface area (Å²) < 4.78 is 4.79. The minimum absolute atomic E-state index is 0.0701. The number of rotatable bonds is 32. The van der Waals surface area contributed by atoms with Crippen LogP contribution in [0.25, 0.3) is 0 Å². The van der Waals surface area contributed by atoms with E-state index in [1.807, 2.05) is 0 Å². The molecule has 0 aromatic carbocycles. The van der Waals surface area contributed by atoms with E-state index in [1.54, 1.807) is 0 Å². The Hall–Kier alpha value is -2.53. The second-order valence-corrected chi connectivity index (χ2v) is 17.1. The number of esters is 1. The monoisotopic (exact) mass is 1030 g/mol. The minimum atomic E-state index is -1.09. The molecule has 1 unspecified atom stereocenters. The van der Waals surface area contributed by atoms with Gasteiger partial charge < -0.3 is 111 Å². The summed E-state index contributed by atoms with van der Waals surface area (Å²) in [7, 11) is 0. The van der Waals surface area contributed by atoms with Gasteiger partial charge in [-0.1, -0.05) is 26.2 Å². The number of aliphatic hydroxyl groups is 17. The summed E-state index contributed by atoms with van der Waals surface area (Å²) >= 11 is 0. The summed E-state index contributed by atoms with van der Waals surface area (Å²) in [4.78, 5) is 52.6. The topological polar surface area (TPSA) is 438 Å². The Morgan fingerprint density at radius 3 is 0.886 bits per heavy atom. The molecule has 0 aliphatic carbocycles. The molecule has 420 valence electrons. The molecule has 0 spiro atoms. The SMILES string of the molecule is CC(=O)CCC[C@H](O)[C@H](O)CO.CC(=O)CCC[C@H](O)[C@H](O)CO.CC(=O)CCC[C@H](O)[C@H](O)CO.CC(=O)CCC[C@H](O)[C@H](O)CO.CCCCC[C@H](O)[C@H](O)CO.O=C1CCCC([C@H](O)CO)O1. The third-order valence-electron chi connectivity index (χ3n) is 10.1. The first kappa shape index (κ1) is 76.4. The smallest absolute Gasteiger partial charge is 0.306 e. The number of cyclic esters (lactones) is 1. The second-order valence-electron chi connectivity index (χ2n) is 17.1. The van der Waals surface area contributed by atoms with Gasteiger partial charge in [0.1, 0.15) is 65.9 Å². The van der Waals surface area contributed by atoms with Crippen molar-refractivity contribution in [3.63, 3.8) is 0 Å². The number of carbonyl (C=O) groups is 5. The van der Waals surface area contributed by atoms with E-state index in [4.69, 9.17) is 91.5 Å². The van der Waals surface area contributed by atoms with E-state index in [2.05, 4.69) is 6.92 Å². The molecule has 23 nitrogen and oxygen atoms in total. The van der Waals surface area contributed by atoms with Crippen molar-refractivity contribution in [2.75, 3.05) is 39.6 Å². The van der Waals surface area contributed by atoms with Crippen LogP contribution in [0, 0.1) is 0 Å². The lowest BCUT2D eigenvalue weighted by molar-refractivity contribution is -0.162. The van der Waals surface area contributed by atoms with Crippen molar-refractivity contribution >= 4 is 29.1 Å². The summed E-state index contributed by atoms with van der Waals surface area (Å²) in [5.74, 6) is -0.00324. The molecule has 0 aromatic heterocycles. The molecule has 17 N–H and O–H groups in total. The van der Waals surface area contributed by atoms with Gasteiger partial charge in [-0.2, -0.15) is 0 Å². The van der Waals surface area contributed by atoms with Crippen LogP contribution >= 0.6 is 0 Å². The van der Waals surface area contributed by atoms with E-state index in [0.29, 0.717) is 96.3 Å². The summed E-state index contributed by atoms with van der Waals surface area (Å²) in [5.41, 5.74) is 0. The zero-order valence-corrected chi connectivity index (χ0v) is 42.2. The molecule has 1 fully saturated rings. The number of unbranched alkanes of at least 4 members (excludes halogenated alkanes) is 2. The summed E-state index contributed by atoms with van der Waals surface area (Å²) in [6.45, 7) is 5.53. The summed E-state index contributed by atoms with van der Waals surface area (Å²) in [6.07, 6.45) is -0.471. The van der Waals surface area contributed by atoms with Crippen LogP contribution in [0.1, 0.15) is 157 Å². The number of aliphatic hydroxyl groups excluding tert-OH is 17. The predicted molar refractivity (Wildman–Crippen MR) is 255 cm³/mol. The van der Waals surface area contributed by atoms with Gasteiger partial charge >= 0.3 is 5.97 Å². The van der Waals surface area contributed by atoms with E-state index >= 15 is 0 Å². The van der Waals surface area contributed by atoms with Crippen LogP contribution in [0.3, 0.4) is 0 Å². The maximum atomic E-state index is 10.7. The highest BCUT2D eigenvalue weighted by Gasteiger charge is 2.26. The molecule has 23 heteroatoms. The Bertz CT molecular complexity index is 1120. The van der Waals surface area contributed by atoms with Crippen molar-refractivity contribution in [3.8, 4) is 0 Å². The fraction of sp³-hybridized carbons (Fsp3) is 0.894. The maximum Gasteiger partial charge on any atom is 0.306 e. The van der Waals surface area contributed by atoms with Gasteiger partial charge in [0.05, 0.1) is 70.2 Å². The number of ether oxygens (including phenoxy) is 1. The van der Waals surface area contributed by atoms with E-state index in [-0.39, 0.29) is 42.3 Å². The Balaban J connectivity index is -0.000000241. The van der Waals surface area contributed by atoms with Crippen LogP contribution in [-0.4, -0.2) is 229 Å². The first-order valence-electron chi connectivity index (χ1n) is 24.1. The molecular weight excluding hydrogens is 932 g/mol. The second kappa shape index (κ2) is 51.4.